The Morgan fingerprint density at radius 2 is 2.20 bits per heavy atom. The zero-order chi connectivity index (χ0) is 15.1. The van der Waals surface area contributed by atoms with Crippen LogP contribution in [0.2, 0.25) is 0 Å². The molecule has 1 rings (SSSR count). The number of methoxy groups -OCH3 is 1. The number of alkyl halides is 1. The van der Waals surface area contributed by atoms with Gasteiger partial charge in [-0.2, -0.15) is 0 Å². The van der Waals surface area contributed by atoms with Gasteiger partial charge in [-0.05, 0) is 19.4 Å². The first-order chi connectivity index (χ1) is 9.54. The van der Waals surface area contributed by atoms with E-state index < -0.39 is 4.92 Å². The highest BCUT2D eigenvalue weighted by Gasteiger charge is 2.20. The second-order valence-electron chi connectivity index (χ2n) is 4.07. The van der Waals surface area contributed by atoms with Crippen molar-refractivity contribution in [3.05, 3.63) is 33.9 Å². The number of nitrogens with zero attached hydrogens (tertiary/aromatic N) is 2. The first kappa shape index (κ1) is 16.2. The molecular formula is C13H17ClN2O4. The largest absolute Gasteiger partial charge is 0.496 e. The molecule has 0 atom stereocenters. The van der Waals surface area contributed by atoms with Gasteiger partial charge in [-0.15, -0.1) is 11.6 Å². The van der Waals surface area contributed by atoms with Crippen LogP contribution >= 0.6 is 11.6 Å². The van der Waals surface area contributed by atoms with E-state index in [0.29, 0.717) is 31.0 Å². The molecule has 110 valence electrons. The molecule has 0 aliphatic carbocycles. The van der Waals surface area contributed by atoms with Crippen molar-refractivity contribution in [2.24, 2.45) is 0 Å². The summed E-state index contributed by atoms with van der Waals surface area (Å²) in [5.74, 6) is 0.458. The van der Waals surface area contributed by atoms with E-state index in [1.807, 2.05) is 6.92 Å². The Labute approximate surface area is 122 Å². The molecule has 0 N–H and O–H groups in total. The topological polar surface area (TPSA) is 72.7 Å². The zero-order valence-electron chi connectivity index (χ0n) is 11.5. The first-order valence-electron chi connectivity index (χ1n) is 6.22. The number of nitro groups is 1. The molecule has 1 aromatic carbocycles. The van der Waals surface area contributed by atoms with Gasteiger partial charge in [-0.25, -0.2) is 0 Å². The predicted molar refractivity (Wildman–Crippen MR) is 76.6 cm³/mol. The molecule has 0 aromatic heterocycles. The van der Waals surface area contributed by atoms with E-state index in [9.17, 15) is 14.9 Å². The number of carbonyl (C=O) groups is 1. The Bertz CT molecular complexity index is 493. The molecule has 0 saturated carbocycles. The van der Waals surface area contributed by atoms with Gasteiger partial charge < -0.3 is 9.64 Å². The van der Waals surface area contributed by atoms with E-state index in [1.165, 1.54) is 25.3 Å². The van der Waals surface area contributed by atoms with Crippen LogP contribution in [0.1, 0.15) is 23.7 Å². The summed E-state index contributed by atoms with van der Waals surface area (Å²) in [6, 6.07) is 3.97. The molecule has 1 amide bonds. The molecule has 0 aliphatic rings. The minimum atomic E-state index is -0.526. The van der Waals surface area contributed by atoms with Crippen LogP contribution in [0.25, 0.3) is 0 Å². The third kappa shape index (κ3) is 3.84. The van der Waals surface area contributed by atoms with Crippen LogP contribution in [0.5, 0.6) is 5.75 Å². The lowest BCUT2D eigenvalue weighted by atomic mass is 10.1. The monoisotopic (exact) mass is 300 g/mol. The summed E-state index contributed by atoms with van der Waals surface area (Å²) in [4.78, 5) is 24.2. The molecule has 0 spiro atoms. The fraction of sp³-hybridized carbons (Fsp3) is 0.462. The second-order valence-corrected chi connectivity index (χ2v) is 4.45. The van der Waals surface area contributed by atoms with Gasteiger partial charge in [0, 0.05) is 25.0 Å². The number of rotatable bonds is 7. The molecule has 0 fully saturated rings. The van der Waals surface area contributed by atoms with Crippen molar-refractivity contribution in [3.8, 4) is 5.75 Å². The fourth-order valence-electron chi connectivity index (χ4n) is 1.79. The Hall–Kier alpha value is -1.82. The number of nitro benzene ring substituents is 1. The molecule has 7 heteroatoms. The number of amides is 1. The van der Waals surface area contributed by atoms with Crippen molar-refractivity contribution in [3.63, 3.8) is 0 Å². The summed E-state index contributed by atoms with van der Waals surface area (Å²) >= 11 is 5.63. The molecule has 1 aromatic rings. The number of hydrogen-bond donors (Lipinski definition) is 0. The van der Waals surface area contributed by atoms with E-state index in [2.05, 4.69) is 0 Å². The van der Waals surface area contributed by atoms with Gasteiger partial charge in [0.15, 0.2) is 0 Å². The zero-order valence-corrected chi connectivity index (χ0v) is 12.2. The van der Waals surface area contributed by atoms with Gasteiger partial charge in [-0.3, -0.25) is 14.9 Å². The third-order valence-electron chi connectivity index (χ3n) is 2.86. The van der Waals surface area contributed by atoms with E-state index in [1.54, 1.807) is 4.90 Å². The van der Waals surface area contributed by atoms with Crippen LogP contribution in [0.15, 0.2) is 18.2 Å². The predicted octanol–water partition coefficient (Wildman–Crippen LogP) is 2.69. The SMILES string of the molecule is CCN(CCCCl)C(=O)c1ccc([N+](=O)[O-])cc1OC. The van der Waals surface area contributed by atoms with Crippen LogP contribution in [0.4, 0.5) is 5.69 Å². The van der Waals surface area contributed by atoms with Crippen LogP contribution in [-0.2, 0) is 0 Å². The van der Waals surface area contributed by atoms with E-state index in [-0.39, 0.29) is 17.3 Å². The maximum atomic E-state index is 12.4. The number of hydrogen-bond acceptors (Lipinski definition) is 4. The number of carbonyl (C=O) groups excluding carboxylic acids is 1. The van der Waals surface area contributed by atoms with Crippen LogP contribution in [0.3, 0.4) is 0 Å². The van der Waals surface area contributed by atoms with Gasteiger partial charge in [0.05, 0.1) is 23.7 Å². The molecule has 0 heterocycles. The van der Waals surface area contributed by atoms with Crippen LogP contribution in [-0.4, -0.2) is 41.8 Å². The average molecular weight is 301 g/mol. The van der Waals surface area contributed by atoms with Gasteiger partial charge >= 0.3 is 0 Å². The van der Waals surface area contributed by atoms with Crippen molar-refractivity contribution in [2.45, 2.75) is 13.3 Å². The molecule has 0 saturated heterocycles. The molecule has 6 nitrogen and oxygen atoms in total. The number of benzene rings is 1. The second kappa shape index (κ2) is 7.69. The fourth-order valence-corrected chi connectivity index (χ4v) is 1.91. The maximum Gasteiger partial charge on any atom is 0.273 e. The Morgan fingerprint density at radius 1 is 1.50 bits per heavy atom. The van der Waals surface area contributed by atoms with Crippen molar-refractivity contribution in [1.82, 2.24) is 4.90 Å². The summed E-state index contributed by atoms with van der Waals surface area (Å²) in [7, 11) is 1.38. The lowest BCUT2D eigenvalue weighted by Gasteiger charge is -2.21. The minimum Gasteiger partial charge on any atom is -0.496 e. The smallest absolute Gasteiger partial charge is 0.273 e. The normalized spacial score (nSPS) is 10.2. The quantitative estimate of drug-likeness (QED) is 0.441. The summed E-state index contributed by atoms with van der Waals surface area (Å²) < 4.78 is 5.08. The van der Waals surface area contributed by atoms with E-state index in [0.717, 1.165) is 0 Å². The summed E-state index contributed by atoms with van der Waals surface area (Å²) in [5, 5.41) is 10.7. The lowest BCUT2D eigenvalue weighted by molar-refractivity contribution is -0.384. The number of non-ortho nitro benzene ring substituents is 1. The molecule has 20 heavy (non-hydrogen) atoms. The van der Waals surface area contributed by atoms with Crippen molar-refractivity contribution in [1.29, 1.82) is 0 Å². The Balaban J connectivity index is 3.04. The van der Waals surface area contributed by atoms with Gasteiger partial charge in [0.2, 0.25) is 0 Å². The lowest BCUT2D eigenvalue weighted by Crippen LogP contribution is -2.32. The van der Waals surface area contributed by atoms with Gasteiger partial charge in [-0.1, -0.05) is 0 Å². The molecule has 0 radical (unpaired) electrons. The van der Waals surface area contributed by atoms with E-state index in [4.69, 9.17) is 16.3 Å². The number of halogens is 1. The summed E-state index contributed by atoms with van der Waals surface area (Å²) in [6.07, 6.45) is 0.691. The van der Waals surface area contributed by atoms with Crippen molar-refractivity contribution in [2.75, 3.05) is 26.1 Å². The highest BCUT2D eigenvalue weighted by Crippen LogP contribution is 2.25. The molecule has 0 aliphatic heterocycles. The Morgan fingerprint density at radius 3 is 2.70 bits per heavy atom. The highest BCUT2D eigenvalue weighted by molar-refractivity contribution is 6.17. The Kier molecular flexibility index (Phi) is 6.24. The van der Waals surface area contributed by atoms with Crippen LogP contribution < -0.4 is 4.74 Å². The highest BCUT2D eigenvalue weighted by atomic mass is 35.5. The van der Waals surface area contributed by atoms with E-state index >= 15 is 0 Å². The molecular weight excluding hydrogens is 284 g/mol. The van der Waals surface area contributed by atoms with Crippen molar-refractivity contribution < 1.29 is 14.5 Å². The summed E-state index contributed by atoms with van der Waals surface area (Å²) in [6.45, 7) is 2.94. The number of ether oxygens (including phenoxy) is 1. The van der Waals surface area contributed by atoms with Crippen molar-refractivity contribution >= 4 is 23.2 Å². The minimum absolute atomic E-state index is 0.109. The average Bonchev–Trinajstić information content (AvgIpc) is 2.46. The standard InChI is InChI=1S/C13H17ClN2O4/c1-3-15(8-4-7-14)13(17)11-6-5-10(16(18)19)9-12(11)20-2/h5-6,9H,3-4,7-8H2,1-2H3. The van der Waals surface area contributed by atoms with Gasteiger partial charge in [0.25, 0.3) is 11.6 Å². The molecule has 0 bridgehead atoms. The van der Waals surface area contributed by atoms with Gasteiger partial charge in [0.1, 0.15) is 5.75 Å². The third-order valence-corrected chi connectivity index (χ3v) is 3.12. The summed E-state index contributed by atoms with van der Waals surface area (Å²) in [5.41, 5.74) is 0.205. The first-order valence-corrected chi connectivity index (χ1v) is 6.76. The maximum absolute atomic E-state index is 12.4. The molecule has 0 unspecified atom stereocenters. The van der Waals surface area contributed by atoms with Crippen LogP contribution in [0, 0.1) is 10.1 Å².